The molecule has 3 nitrogen and oxygen atoms in total. The second-order valence-corrected chi connectivity index (χ2v) is 7.89. The molecule has 0 unspecified atom stereocenters. The smallest absolute Gasteiger partial charge is 0.175 e. The van der Waals surface area contributed by atoms with Crippen LogP contribution in [0.2, 0.25) is 5.02 Å². The van der Waals surface area contributed by atoms with E-state index in [0.717, 1.165) is 14.7 Å². The second kappa shape index (κ2) is 10.5. The number of hydrogen-bond acceptors (Lipinski definition) is 3. The zero-order chi connectivity index (χ0) is 21.5. The first-order valence-electron chi connectivity index (χ1n) is 9.22. The normalized spacial score (nSPS) is 11.1. The van der Waals surface area contributed by atoms with Gasteiger partial charge in [0, 0.05) is 10.6 Å². The molecule has 0 heterocycles. The van der Waals surface area contributed by atoms with Crippen LogP contribution in [0.1, 0.15) is 23.6 Å². The predicted molar refractivity (Wildman–Crippen MR) is 126 cm³/mol. The molecular formula is C24H18ClFINO2. The molecule has 0 fully saturated rings. The fourth-order valence-electron chi connectivity index (χ4n) is 2.84. The lowest BCUT2D eigenvalue weighted by atomic mass is 10.0. The largest absolute Gasteiger partial charge is 0.490 e. The molecule has 0 aliphatic carbocycles. The number of rotatable bonds is 7. The molecule has 152 valence electrons. The van der Waals surface area contributed by atoms with Crippen LogP contribution < -0.4 is 9.47 Å². The van der Waals surface area contributed by atoms with E-state index < -0.39 is 0 Å². The number of allylic oxidation sites excluding steroid dienone is 1. The van der Waals surface area contributed by atoms with Crippen molar-refractivity contribution in [3.8, 4) is 17.6 Å². The van der Waals surface area contributed by atoms with E-state index in [1.807, 2.05) is 43.3 Å². The molecule has 0 saturated carbocycles. The molecule has 3 aromatic carbocycles. The van der Waals surface area contributed by atoms with Crippen molar-refractivity contribution in [1.29, 1.82) is 5.26 Å². The maximum absolute atomic E-state index is 13.6. The number of halogens is 3. The summed E-state index contributed by atoms with van der Waals surface area (Å²) in [5.74, 6) is 0.791. The molecule has 6 heteroatoms. The lowest BCUT2D eigenvalue weighted by Gasteiger charge is -2.15. The first kappa shape index (κ1) is 22.1. The first-order valence-corrected chi connectivity index (χ1v) is 10.7. The van der Waals surface area contributed by atoms with Crippen molar-refractivity contribution >= 4 is 45.8 Å². The summed E-state index contributed by atoms with van der Waals surface area (Å²) in [5.41, 5.74) is 2.51. The zero-order valence-electron chi connectivity index (χ0n) is 16.2. The molecule has 0 spiro atoms. The summed E-state index contributed by atoms with van der Waals surface area (Å²) in [6.07, 6.45) is 1.71. The lowest BCUT2D eigenvalue weighted by Crippen LogP contribution is -2.02. The summed E-state index contributed by atoms with van der Waals surface area (Å²) in [6, 6.07) is 19.3. The van der Waals surface area contributed by atoms with Gasteiger partial charge in [-0.15, -0.1) is 0 Å². The van der Waals surface area contributed by atoms with E-state index in [2.05, 4.69) is 28.7 Å². The summed E-state index contributed by atoms with van der Waals surface area (Å²) in [6.45, 7) is 2.65. The van der Waals surface area contributed by atoms with Crippen molar-refractivity contribution in [3.63, 3.8) is 0 Å². The minimum atomic E-state index is -0.387. The van der Waals surface area contributed by atoms with E-state index in [9.17, 15) is 9.65 Å². The van der Waals surface area contributed by atoms with Gasteiger partial charge in [0.15, 0.2) is 11.5 Å². The fourth-order valence-corrected chi connectivity index (χ4v) is 3.81. The number of nitriles is 1. The molecule has 0 aliphatic heterocycles. The zero-order valence-corrected chi connectivity index (χ0v) is 19.1. The van der Waals surface area contributed by atoms with Crippen molar-refractivity contribution in [1.82, 2.24) is 0 Å². The third-order valence-electron chi connectivity index (χ3n) is 4.23. The Morgan fingerprint density at radius 3 is 2.63 bits per heavy atom. The molecule has 0 bridgehead atoms. The minimum Gasteiger partial charge on any atom is -0.490 e. The number of hydrogen-bond donors (Lipinski definition) is 0. The Bertz CT molecular complexity index is 1120. The van der Waals surface area contributed by atoms with Gasteiger partial charge in [-0.05, 0) is 77.0 Å². The van der Waals surface area contributed by atoms with E-state index in [0.29, 0.717) is 40.9 Å². The summed E-state index contributed by atoms with van der Waals surface area (Å²) in [4.78, 5) is 0. The SMILES string of the molecule is CCOc1cc(/C=C(/C#N)c2cccc(F)c2)cc(I)c1OCc1ccccc1Cl. The van der Waals surface area contributed by atoms with Gasteiger partial charge in [-0.3, -0.25) is 0 Å². The number of ether oxygens (including phenoxy) is 2. The Labute approximate surface area is 193 Å². The summed E-state index contributed by atoms with van der Waals surface area (Å²) in [7, 11) is 0. The van der Waals surface area contributed by atoms with Crippen LogP contribution in [0.5, 0.6) is 11.5 Å². The highest BCUT2D eigenvalue weighted by atomic mass is 127. The van der Waals surface area contributed by atoms with Crippen LogP contribution in [0.4, 0.5) is 4.39 Å². The highest BCUT2D eigenvalue weighted by molar-refractivity contribution is 14.1. The molecule has 0 N–H and O–H groups in total. The van der Waals surface area contributed by atoms with Crippen LogP contribution >= 0.6 is 34.2 Å². The fraction of sp³-hybridized carbons (Fsp3) is 0.125. The monoisotopic (exact) mass is 533 g/mol. The number of nitrogens with zero attached hydrogens (tertiary/aromatic N) is 1. The minimum absolute atomic E-state index is 0.303. The molecule has 0 amide bonds. The Kier molecular flexibility index (Phi) is 7.72. The summed E-state index contributed by atoms with van der Waals surface area (Å²) in [5, 5.41) is 10.2. The van der Waals surface area contributed by atoms with Crippen LogP contribution in [0.25, 0.3) is 11.6 Å². The van der Waals surface area contributed by atoms with Gasteiger partial charge >= 0.3 is 0 Å². The molecule has 3 rings (SSSR count). The third-order valence-corrected chi connectivity index (χ3v) is 5.40. The van der Waals surface area contributed by atoms with Crippen LogP contribution in [-0.4, -0.2) is 6.61 Å². The van der Waals surface area contributed by atoms with Gasteiger partial charge in [0.25, 0.3) is 0 Å². The molecule has 0 aliphatic rings. The van der Waals surface area contributed by atoms with E-state index >= 15 is 0 Å². The van der Waals surface area contributed by atoms with Crippen molar-refractivity contribution in [2.24, 2.45) is 0 Å². The van der Waals surface area contributed by atoms with Crippen molar-refractivity contribution in [3.05, 3.63) is 91.8 Å². The van der Waals surface area contributed by atoms with E-state index in [4.69, 9.17) is 21.1 Å². The average molecular weight is 534 g/mol. The summed E-state index contributed by atoms with van der Waals surface area (Å²) < 4.78 is 26.2. The van der Waals surface area contributed by atoms with Crippen molar-refractivity contribution in [2.45, 2.75) is 13.5 Å². The van der Waals surface area contributed by atoms with E-state index in [1.54, 1.807) is 18.2 Å². The third kappa shape index (κ3) is 5.53. The topological polar surface area (TPSA) is 42.2 Å². The van der Waals surface area contributed by atoms with Gasteiger partial charge in [-0.1, -0.05) is 41.9 Å². The predicted octanol–water partition coefficient (Wildman–Crippen LogP) is 7.13. The Morgan fingerprint density at radius 1 is 1.13 bits per heavy atom. The molecule has 0 saturated heterocycles. The number of benzene rings is 3. The van der Waals surface area contributed by atoms with Crippen LogP contribution in [0, 0.1) is 20.7 Å². The maximum Gasteiger partial charge on any atom is 0.175 e. The maximum atomic E-state index is 13.6. The second-order valence-electron chi connectivity index (χ2n) is 6.32. The highest BCUT2D eigenvalue weighted by Gasteiger charge is 2.14. The quantitative estimate of drug-likeness (QED) is 0.184. The van der Waals surface area contributed by atoms with Gasteiger partial charge in [0.2, 0.25) is 0 Å². The van der Waals surface area contributed by atoms with E-state index in [-0.39, 0.29) is 5.82 Å². The van der Waals surface area contributed by atoms with Gasteiger partial charge in [-0.2, -0.15) is 5.26 Å². The molecular weight excluding hydrogens is 516 g/mol. The van der Waals surface area contributed by atoms with Gasteiger partial charge < -0.3 is 9.47 Å². The standard InChI is InChI=1S/C24H18ClFINO2/c1-2-29-23-12-16(10-19(14-28)17-7-5-8-20(26)13-17)11-22(27)24(23)30-15-18-6-3-4-9-21(18)25/h3-13H,2,15H2,1H3/b19-10-. The van der Waals surface area contributed by atoms with E-state index in [1.165, 1.54) is 12.1 Å². The van der Waals surface area contributed by atoms with Crippen LogP contribution in [-0.2, 0) is 6.61 Å². The van der Waals surface area contributed by atoms with Crippen molar-refractivity contribution in [2.75, 3.05) is 6.61 Å². The summed E-state index contributed by atoms with van der Waals surface area (Å²) >= 11 is 8.39. The van der Waals surface area contributed by atoms with Crippen LogP contribution in [0.3, 0.4) is 0 Å². The van der Waals surface area contributed by atoms with Gasteiger partial charge in [0.1, 0.15) is 12.4 Å². The highest BCUT2D eigenvalue weighted by Crippen LogP contribution is 2.36. The average Bonchev–Trinajstić information content (AvgIpc) is 2.73. The first-order chi connectivity index (χ1) is 14.5. The molecule has 0 aromatic heterocycles. The molecule has 0 radical (unpaired) electrons. The molecule has 0 atom stereocenters. The lowest BCUT2D eigenvalue weighted by molar-refractivity contribution is 0.267. The van der Waals surface area contributed by atoms with Gasteiger partial charge in [-0.25, -0.2) is 4.39 Å². The van der Waals surface area contributed by atoms with Crippen LogP contribution in [0.15, 0.2) is 60.7 Å². The Hall–Kier alpha value is -2.56. The Balaban J connectivity index is 1.94. The van der Waals surface area contributed by atoms with Crippen molar-refractivity contribution < 1.29 is 13.9 Å². The molecule has 30 heavy (non-hydrogen) atoms. The van der Waals surface area contributed by atoms with Gasteiger partial charge in [0.05, 0.1) is 21.8 Å². The molecule has 3 aromatic rings. The Morgan fingerprint density at radius 2 is 1.93 bits per heavy atom.